The molecule has 4 aromatic rings. The van der Waals surface area contributed by atoms with Gasteiger partial charge in [0, 0.05) is 12.7 Å². The number of fused-ring (bicyclic) bond motifs is 1. The van der Waals surface area contributed by atoms with Crippen LogP contribution in [-0.2, 0) is 0 Å². The van der Waals surface area contributed by atoms with Gasteiger partial charge in [-0.05, 0) is 48.4 Å². The average molecular weight is 356 g/mol. The van der Waals surface area contributed by atoms with Crippen molar-refractivity contribution in [3.63, 3.8) is 0 Å². The predicted octanol–water partition coefficient (Wildman–Crippen LogP) is 3.39. The van der Waals surface area contributed by atoms with Crippen molar-refractivity contribution in [1.29, 1.82) is 0 Å². The van der Waals surface area contributed by atoms with Gasteiger partial charge in [0.05, 0.1) is 17.2 Å². The van der Waals surface area contributed by atoms with E-state index in [2.05, 4.69) is 34.6 Å². The first-order valence-electron chi connectivity index (χ1n) is 9.27. The van der Waals surface area contributed by atoms with Crippen LogP contribution in [0.25, 0.3) is 28.0 Å². The van der Waals surface area contributed by atoms with Crippen molar-refractivity contribution < 1.29 is 0 Å². The number of nitrogens with zero attached hydrogens (tertiary/aromatic N) is 3. The first-order chi connectivity index (χ1) is 13.3. The summed E-state index contributed by atoms with van der Waals surface area (Å²) in [5.74, 6) is 0. The maximum Gasteiger partial charge on any atom is 0.335 e. The highest BCUT2D eigenvalue weighted by atomic mass is 16.1. The Hall–Kier alpha value is -3.18. The topological polar surface area (TPSA) is 51.9 Å². The van der Waals surface area contributed by atoms with Gasteiger partial charge >= 0.3 is 5.69 Å². The van der Waals surface area contributed by atoms with Crippen molar-refractivity contribution in [2.75, 3.05) is 13.1 Å². The zero-order chi connectivity index (χ0) is 18.2. The van der Waals surface area contributed by atoms with Gasteiger partial charge in [-0.3, -0.25) is 9.13 Å². The van der Waals surface area contributed by atoms with E-state index in [-0.39, 0.29) is 11.7 Å². The minimum atomic E-state index is -0.0254. The zero-order valence-corrected chi connectivity index (χ0v) is 14.9. The van der Waals surface area contributed by atoms with Crippen molar-refractivity contribution >= 4 is 11.2 Å². The lowest BCUT2D eigenvalue weighted by atomic mass is 10.1. The summed E-state index contributed by atoms with van der Waals surface area (Å²) in [7, 11) is 0. The van der Waals surface area contributed by atoms with Gasteiger partial charge in [-0.2, -0.15) is 0 Å². The highest BCUT2D eigenvalue weighted by Crippen LogP contribution is 2.25. The number of nitrogens with one attached hydrogen (secondary N) is 1. The SMILES string of the molecule is O=c1n(-c2cccc(-c3ccccc3)c2)c2cccnc2n1C1CCNC1. The third kappa shape index (κ3) is 2.67. The summed E-state index contributed by atoms with van der Waals surface area (Å²) in [6.07, 6.45) is 2.70. The van der Waals surface area contributed by atoms with Crippen molar-refractivity contribution in [3.8, 4) is 16.8 Å². The Balaban J connectivity index is 1.72. The Morgan fingerprint density at radius 3 is 2.63 bits per heavy atom. The maximum atomic E-state index is 13.4. The second kappa shape index (κ2) is 6.52. The van der Waals surface area contributed by atoms with E-state index in [1.54, 1.807) is 10.8 Å². The molecule has 0 saturated carbocycles. The highest BCUT2D eigenvalue weighted by molar-refractivity contribution is 5.75. The van der Waals surface area contributed by atoms with E-state index in [4.69, 9.17) is 0 Å². The molecule has 1 fully saturated rings. The molecule has 2 aromatic heterocycles. The Morgan fingerprint density at radius 1 is 0.963 bits per heavy atom. The molecule has 1 atom stereocenters. The van der Waals surface area contributed by atoms with E-state index in [0.29, 0.717) is 0 Å². The standard InChI is InChI=1S/C22H20N4O/c27-22-25(18-9-4-8-17(14-18)16-6-2-1-3-7-16)20-10-5-12-24-21(20)26(22)19-11-13-23-15-19/h1-10,12,14,19,23H,11,13,15H2. The number of aromatic nitrogens is 3. The van der Waals surface area contributed by atoms with Gasteiger partial charge in [0.25, 0.3) is 0 Å². The molecule has 134 valence electrons. The lowest BCUT2D eigenvalue weighted by Gasteiger charge is -2.09. The van der Waals surface area contributed by atoms with Crippen LogP contribution >= 0.6 is 0 Å². The number of hydrogen-bond donors (Lipinski definition) is 1. The fourth-order valence-electron chi connectivity index (χ4n) is 3.94. The summed E-state index contributed by atoms with van der Waals surface area (Å²) < 4.78 is 3.64. The van der Waals surface area contributed by atoms with E-state index in [1.807, 2.05) is 47.0 Å². The molecule has 1 saturated heterocycles. The monoisotopic (exact) mass is 356 g/mol. The molecule has 5 heteroatoms. The number of hydrogen-bond acceptors (Lipinski definition) is 3. The Labute approximate surface area is 156 Å². The second-order valence-corrected chi connectivity index (χ2v) is 6.90. The van der Waals surface area contributed by atoms with Gasteiger partial charge < -0.3 is 5.32 Å². The van der Waals surface area contributed by atoms with Crippen molar-refractivity contribution in [2.24, 2.45) is 0 Å². The molecule has 1 unspecified atom stereocenters. The molecule has 0 aliphatic carbocycles. The predicted molar refractivity (Wildman–Crippen MR) is 107 cm³/mol. The van der Waals surface area contributed by atoms with Crippen molar-refractivity contribution in [1.82, 2.24) is 19.4 Å². The fraction of sp³-hybridized carbons (Fsp3) is 0.182. The van der Waals surface area contributed by atoms with Crippen molar-refractivity contribution in [3.05, 3.63) is 83.4 Å². The zero-order valence-electron chi connectivity index (χ0n) is 14.9. The van der Waals surface area contributed by atoms with Gasteiger partial charge in [0.2, 0.25) is 0 Å². The number of imidazole rings is 1. The molecule has 1 aliphatic rings. The molecular weight excluding hydrogens is 336 g/mol. The molecule has 1 aliphatic heterocycles. The molecule has 0 amide bonds. The van der Waals surface area contributed by atoms with E-state index < -0.39 is 0 Å². The summed E-state index contributed by atoms with van der Waals surface area (Å²) in [4.78, 5) is 17.9. The Kier molecular flexibility index (Phi) is 3.87. The average Bonchev–Trinajstić information content (AvgIpc) is 3.34. The van der Waals surface area contributed by atoms with Crippen molar-refractivity contribution in [2.45, 2.75) is 12.5 Å². The van der Waals surface area contributed by atoms with Crippen LogP contribution in [0.2, 0.25) is 0 Å². The molecular formula is C22H20N4O. The summed E-state index contributed by atoms with van der Waals surface area (Å²) in [6.45, 7) is 1.74. The molecule has 3 heterocycles. The van der Waals surface area contributed by atoms with Crippen LogP contribution < -0.4 is 11.0 Å². The summed E-state index contributed by atoms with van der Waals surface area (Å²) >= 11 is 0. The lowest BCUT2D eigenvalue weighted by Crippen LogP contribution is -2.28. The molecule has 5 rings (SSSR count). The first-order valence-corrected chi connectivity index (χ1v) is 9.27. The van der Waals surface area contributed by atoms with E-state index in [9.17, 15) is 4.79 Å². The minimum absolute atomic E-state index is 0.0254. The molecule has 0 spiro atoms. The summed E-state index contributed by atoms with van der Waals surface area (Å²) in [5.41, 5.74) is 4.66. The van der Waals surface area contributed by atoms with Crippen LogP contribution in [0, 0.1) is 0 Å². The van der Waals surface area contributed by atoms with Gasteiger partial charge in [-0.25, -0.2) is 9.78 Å². The second-order valence-electron chi connectivity index (χ2n) is 6.90. The minimum Gasteiger partial charge on any atom is -0.315 e. The fourth-order valence-corrected chi connectivity index (χ4v) is 3.94. The quantitative estimate of drug-likeness (QED) is 0.612. The van der Waals surface area contributed by atoms with Crippen LogP contribution in [0.1, 0.15) is 12.5 Å². The molecule has 0 bridgehead atoms. The molecule has 27 heavy (non-hydrogen) atoms. The van der Waals surface area contributed by atoms with Gasteiger partial charge in [-0.1, -0.05) is 42.5 Å². The van der Waals surface area contributed by atoms with Crippen LogP contribution in [0.3, 0.4) is 0 Å². The number of benzene rings is 2. The van der Waals surface area contributed by atoms with E-state index >= 15 is 0 Å². The van der Waals surface area contributed by atoms with E-state index in [1.165, 1.54) is 0 Å². The Bertz CT molecular complexity index is 1150. The molecule has 5 nitrogen and oxygen atoms in total. The van der Waals surface area contributed by atoms with Crippen LogP contribution in [-0.4, -0.2) is 27.2 Å². The largest absolute Gasteiger partial charge is 0.335 e. The number of rotatable bonds is 3. The Morgan fingerprint density at radius 2 is 1.81 bits per heavy atom. The van der Waals surface area contributed by atoms with E-state index in [0.717, 1.165) is 47.5 Å². The van der Waals surface area contributed by atoms with Gasteiger partial charge in [0.15, 0.2) is 5.65 Å². The van der Waals surface area contributed by atoms with Crippen LogP contribution in [0.5, 0.6) is 0 Å². The molecule has 2 aromatic carbocycles. The highest BCUT2D eigenvalue weighted by Gasteiger charge is 2.24. The van der Waals surface area contributed by atoms with Gasteiger partial charge in [0.1, 0.15) is 0 Å². The maximum absolute atomic E-state index is 13.4. The van der Waals surface area contributed by atoms with Crippen LogP contribution in [0.15, 0.2) is 77.7 Å². The summed E-state index contributed by atoms with van der Waals surface area (Å²) in [6, 6.07) is 22.3. The first kappa shape index (κ1) is 16.0. The van der Waals surface area contributed by atoms with Gasteiger partial charge in [-0.15, -0.1) is 0 Å². The third-order valence-corrected chi connectivity index (χ3v) is 5.24. The normalized spacial score (nSPS) is 16.8. The third-order valence-electron chi connectivity index (χ3n) is 5.24. The smallest absolute Gasteiger partial charge is 0.315 e. The van der Waals surface area contributed by atoms with Crippen LogP contribution in [0.4, 0.5) is 0 Å². The lowest BCUT2D eigenvalue weighted by molar-refractivity contribution is 0.537. The molecule has 1 N–H and O–H groups in total. The number of pyridine rings is 1. The summed E-state index contributed by atoms with van der Waals surface area (Å²) in [5, 5.41) is 3.35. The molecule has 0 radical (unpaired) electrons.